The van der Waals surface area contributed by atoms with Gasteiger partial charge in [-0.2, -0.15) is 0 Å². The second-order valence-corrected chi connectivity index (χ2v) is 11.7. The van der Waals surface area contributed by atoms with Crippen molar-refractivity contribution in [2.24, 2.45) is 0 Å². The monoisotopic (exact) mass is 618 g/mol. The van der Waals surface area contributed by atoms with E-state index in [9.17, 15) is 14.4 Å². The van der Waals surface area contributed by atoms with Gasteiger partial charge in [-0.15, -0.1) is 0 Å². The van der Waals surface area contributed by atoms with Crippen molar-refractivity contribution in [1.29, 1.82) is 0 Å². The molecule has 4 aliphatic rings. The SMILES string of the molecule is O=C(OC1CC(C(=O)N2CCCC2C(=O)NCCO)=CC2OC3(Cc4ccccc4C3)OC21)c1ccccc1C=COCCO. The second-order valence-electron chi connectivity index (χ2n) is 11.7. The number of aliphatic hydroxyl groups excluding tert-OH is 2. The second kappa shape index (κ2) is 13.5. The van der Waals surface area contributed by atoms with Gasteiger partial charge in [0.15, 0.2) is 5.79 Å². The minimum atomic E-state index is -0.941. The zero-order chi connectivity index (χ0) is 31.4. The first-order valence-corrected chi connectivity index (χ1v) is 15.4. The van der Waals surface area contributed by atoms with Crippen LogP contribution in [0.25, 0.3) is 6.08 Å². The average molecular weight is 619 g/mol. The molecule has 2 aliphatic heterocycles. The van der Waals surface area contributed by atoms with Crippen LogP contribution in [0.3, 0.4) is 0 Å². The van der Waals surface area contributed by atoms with Gasteiger partial charge in [-0.25, -0.2) is 4.79 Å². The summed E-state index contributed by atoms with van der Waals surface area (Å²) in [5, 5.41) is 20.8. The molecule has 11 heteroatoms. The van der Waals surface area contributed by atoms with Gasteiger partial charge in [0.2, 0.25) is 11.8 Å². The zero-order valence-electron chi connectivity index (χ0n) is 24.9. The molecule has 45 heavy (non-hydrogen) atoms. The summed E-state index contributed by atoms with van der Waals surface area (Å²) in [5.74, 6) is -2.14. The average Bonchev–Trinajstić information content (AvgIpc) is 3.77. The van der Waals surface area contributed by atoms with Crippen LogP contribution in [-0.4, -0.2) is 95.9 Å². The van der Waals surface area contributed by atoms with Crippen molar-refractivity contribution in [3.8, 4) is 0 Å². The van der Waals surface area contributed by atoms with E-state index in [2.05, 4.69) is 5.32 Å². The highest BCUT2D eigenvalue weighted by Crippen LogP contribution is 2.45. The van der Waals surface area contributed by atoms with Crippen LogP contribution in [0, 0.1) is 0 Å². The molecule has 2 amide bonds. The number of carbonyl (C=O) groups is 3. The Kier molecular flexibility index (Phi) is 9.32. The van der Waals surface area contributed by atoms with Crippen molar-refractivity contribution in [3.63, 3.8) is 0 Å². The van der Waals surface area contributed by atoms with E-state index in [1.807, 2.05) is 24.3 Å². The fraction of sp³-hybridized carbons (Fsp3) is 0.441. The molecule has 2 fully saturated rings. The van der Waals surface area contributed by atoms with Gasteiger partial charge in [-0.1, -0.05) is 42.5 Å². The minimum absolute atomic E-state index is 0.0945. The Hall–Kier alpha value is -4.03. The summed E-state index contributed by atoms with van der Waals surface area (Å²) in [4.78, 5) is 42.0. The van der Waals surface area contributed by atoms with Gasteiger partial charge in [0.25, 0.3) is 0 Å². The number of benzene rings is 2. The highest BCUT2D eigenvalue weighted by Gasteiger charge is 2.55. The predicted molar refractivity (Wildman–Crippen MR) is 162 cm³/mol. The van der Waals surface area contributed by atoms with Gasteiger partial charge in [-0.05, 0) is 47.8 Å². The largest absolute Gasteiger partial charge is 0.499 e. The summed E-state index contributed by atoms with van der Waals surface area (Å²) in [6.45, 7) is 0.335. The van der Waals surface area contributed by atoms with E-state index in [1.54, 1.807) is 41.3 Å². The molecule has 0 saturated carbocycles. The summed E-state index contributed by atoms with van der Waals surface area (Å²) in [6.07, 6.45) is 5.06. The Morgan fingerprint density at radius 1 is 1.02 bits per heavy atom. The van der Waals surface area contributed by atoms with E-state index in [0.717, 1.165) is 11.1 Å². The topological polar surface area (TPSA) is 144 Å². The first kappa shape index (κ1) is 31.0. The van der Waals surface area contributed by atoms with Crippen molar-refractivity contribution in [2.45, 2.75) is 62.2 Å². The molecule has 6 rings (SSSR count). The molecule has 0 radical (unpaired) electrons. The summed E-state index contributed by atoms with van der Waals surface area (Å²) >= 11 is 0. The third-order valence-corrected chi connectivity index (χ3v) is 8.71. The number of esters is 1. The summed E-state index contributed by atoms with van der Waals surface area (Å²) < 4.78 is 24.5. The minimum Gasteiger partial charge on any atom is -0.499 e. The number of ether oxygens (including phenoxy) is 4. The van der Waals surface area contributed by atoms with Crippen LogP contribution in [0.1, 0.15) is 46.3 Å². The summed E-state index contributed by atoms with van der Waals surface area (Å²) in [5.41, 5.74) is 3.53. The summed E-state index contributed by atoms with van der Waals surface area (Å²) in [7, 11) is 0. The van der Waals surface area contributed by atoms with Gasteiger partial charge in [0.1, 0.15) is 31.0 Å². The Morgan fingerprint density at radius 2 is 1.78 bits per heavy atom. The molecule has 2 aromatic carbocycles. The number of hydrogen-bond donors (Lipinski definition) is 3. The third-order valence-electron chi connectivity index (χ3n) is 8.71. The molecule has 0 bridgehead atoms. The molecule has 2 aliphatic carbocycles. The molecule has 2 saturated heterocycles. The van der Waals surface area contributed by atoms with Crippen molar-refractivity contribution in [2.75, 3.05) is 32.9 Å². The number of likely N-dealkylation sites (tertiary alicyclic amines) is 1. The Morgan fingerprint density at radius 3 is 2.53 bits per heavy atom. The van der Waals surface area contributed by atoms with Gasteiger partial charge in [-0.3, -0.25) is 9.59 Å². The lowest BCUT2D eigenvalue weighted by Crippen LogP contribution is -2.49. The number of hydrogen-bond acceptors (Lipinski definition) is 9. The van der Waals surface area contributed by atoms with Crippen LogP contribution in [-0.2, 0) is 41.4 Å². The Bertz CT molecular complexity index is 1460. The lowest BCUT2D eigenvalue weighted by Gasteiger charge is -2.32. The van der Waals surface area contributed by atoms with E-state index in [1.165, 1.54) is 6.26 Å². The van der Waals surface area contributed by atoms with Gasteiger partial charge >= 0.3 is 5.97 Å². The first-order valence-electron chi connectivity index (χ1n) is 15.4. The molecule has 11 nitrogen and oxygen atoms in total. The van der Waals surface area contributed by atoms with E-state index in [-0.39, 0.29) is 44.6 Å². The Balaban J connectivity index is 1.26. The molecular weight excluding hydrogens is 580 g/mol. The van der Waals surface area contributed by atoms with Gasteiger partial charge < -0.3 is 39.4 Å². The van der Waals surface area contributed by atoms with Crippen LogP contribution in [0.4, 0.5) is 0 Å². The molecular formula is C34H38N2O9. The first-order chi connectivity index (χ1) is 21.9. The van der Waals surface area contributed by atoms with Crippen molar-refractivity contribution < 1.29 is 43.5 Å². The fourth-order valence-corrected chi connectivity index (χ4v) is 6.69. The molecule has 3 N–H and O–H groups in total. The van der Waals surface area contributed by atoms with Gasteiger partial charge in [0, 0.05) is 37.9 Å². The maximum Gasteiger partial charge on any atom is 0.339 e. The van der Waals surface area contributed by atoms with Crippen molar-refractivity contribution in [1.82, 2.24) is 10.2 Å². The molecule has 2 heterocycles. The maximum atomic E-state index is 13.9. The number of fused-ring (bicyclic) bond motifs is 2. The number of nitrogens with zero attached hydrogens (tertiary/aromatic N) is 1. The smallest absolute Gasteiger partial charge is 0.339 e. The number of nitrogens with one attached hydrogen (secondary N) is 1. The molecule has 4 atom stereocenters. The number of amides is 2. The normalized spacial score (nSPS) is 24.8. The standard InChI is InChI=1S/C34H38N2O9/c37-14-12-35-31(39)27-10-5-13-36(27)32(40)25-18-28(43-33(41)26-9-4-3-6-22(26)11-16-42-17-15-38)30-29(19-25)44-34(45-30)20-23-7-1-2-8-24(23)21-34/h1-4,6-9,11,16,19,27-30,37-38H,5,10,12-15,17-18,20-21H2,(H,35,39). The van der Waals surface area contributed by atoms with Crippen LogP contribution >= 0.6 is 0 Å². The molecule has 0 aromatic heterocycles. The molecule has 4 unspecified atom stereocenters. The van der Waals surface area contributed by atoms with Crippen molar-refractivity contribution in [3.05, 3.63) is 88.7 Å². The highest BCUT2D eigenvalue weighted by molar-refractivity contribution is 5.98. The van der Waals surface area contributed by atoms with E-state index >= 15 is 0 Å². The van der Waals surface area contributed by atoms with Gasteiger partial charge in [0.05, 0.1) is 25.0 Å². The number of aliphatic hydroxyl groups is 2. The lowest BCUT2D eigenvalue weighted by molar-refractivity contribution is -0.172. The van der Waals surface area contributed by atoms with Crippen LogP contribution in [0.2, 0.25) is 0 Å². The van der Waals surface area contributed by atoms with Crippen molar-refractivity contribution >= 4 is 23.9 Å². The zero-order valence-corrected chi connectivity index (χ0v) is 24.9. The van der Waals surface area contributed by atoms with E-state index in [0.29, 0.717) is 48.9 Å². The summed E-state index contributed by atoms with van der Waals surface area (Å²) in [6, 6.07) is 14.3. The third kappa shape index (κ3) is 6.53. The quantitative estimate of drug-likeness (QED) is 0.207. The number of carbonyl (C=O) groups excluding carboxylic acids is 3. The maximum absolute atomic E-state index is 13.9. The molecule has 2 aromatic rings. The van der Waals surface area contributed by atoms with Crippen LogP contribution < -0.4 is 5.32 Å². The molecule has 1 spiro atoms. The van der Waals surface area contributed by atoms with Crippen LogP contribution in [0.5, 0.6) is 0 Å². The van der Waals surface area contributed by atoms with Crippen LogP contribution in [0.15, 0.2) is 66.4 Å². The fourth-order valence-electron chi connectivity index (χ4n) is 6.69. The lowest BCUT2D eigenvalue weighted by atomic mass is 9.91. The van der Waals surface area contributed by atoms with E-state index in [4.69, 9.17) is 29.2 Å². The molecule has 238 valence electrons. The number of rotatable bonds is 10. The Labute approximate surface area is 261 Å². The predicted octanol–water partition coefficient (Wildman–Crippen LogP) is 1.90. The highest BCUT2D eigenvalue weighted by atomic mass is 16.8. The van der Waals surface area contributed by atoms with E-state index < -0.39 is 36.1 Å².